The number of aryl methyl sites for hydroxylation is 2. The van der Waals surface area contributed by atoms with Crippen LogP contribution in [-0.2, 0) is 11.3 Å². The van der Waals surface area contributed by atoms with Crippen LogP contribution in [0.25, 0.3) is 5.95 Å². The van der Waals surface area contributed by atoms with Crippen molar-refractivity contribution in [2.45, 2.75) is 37.7 Å². The highest BCUT2D eigenvalue weighted by molar-refractivity contribution is 8.00. The zero-order valence-electron chi connectivity index (χ0n) is 16.2. The van der Waals surface area contributed by atoms with Gasteiger partial charge in [-0.2, -0.15) is 5.10 Å². The van der Waals surface area contributed by atoms with Crippen molar-refractivity contribution in [3.63, 3.8) is 0 Å². The molecule has 0 saturated carbocycles. The van der Waals surface area contributed by atoms with Crippen molar-refractivity contribution in [2.24, 2.45) is 0 Å². The Morgan fingerprint density at radius 3 is 2.61 bits per heavy atom. The molecule has 148 valence electrons. The molecule has 0 aliphatic heterocycles. The topological polar surface area (TPSA) is 113 Å². The van der Waals surface area contributed by atoms with Crippen LogP contribution in [0, 0.1) is 13.8 Å². The van der Waals surface area contributed by atoms with Crippen LogP contribution >= 0.6 is 11.8 Å². The highest BCUT2D eigenvalue weighted by atomic mass is 32.2. The fraction of sp³-hybridized carbons (Fsp3) is 0.333. The smallest absolute Gasteiger partial charge is 0.271 e. The van der Waals surface area contributed by atoms with Gasteiger partial charge < -0.3 is 15.9 Å². The Kier molecular flexibility index (Phi) is 5.88. The maximum Gasteiger partial charge on any atom is 0.271 e. The van der Waals surface area contributed by atoms with Crippen LogP contribution in [-0.4, -0.2) is 42.9 Å². The molecule has 0 saturated heterocycles. The summed E-state index contributed by atoms with van der Waals surface area (Å²) in [5.74, 6) is 7.19. The lowest BCUT2D eigenvalue weighted by Crippen LogP contribution is -2.31. The van der Waals surface area contributed by atoms with Gasteiger partial charge in [0.25, 0.3) is 5.95 Å². The highest BCUT2D eigenvalue weighted by Gasteiger charge is 2.20. The molecule has 1 aromatic carbocycles. The van der Waals surface area contributed by atoms with E-state index >= 15 is 0 Å². The predicted octanol–water partition coefficient (Wildman–Crippen LogP) is 1.60. The molecule has 0 fully saturated rings. The average Bonchev–Trinajstić information content (AvgIpc) is 3.21. The number of nitrogens with zero attached hydrogens (tertiary/aromatic N) is 5. The molecule has 28 heavy (non-hydrogen) atoms. The van der Waals surface area contributed by atoms with E-state index in [-0.39, 0.29) is 5.91 Å². The SMILES string of the molecule is COc1ccc(CNC(=O)[C@H](C)Sc2nnc(-n3nc(C)cc3C)n2N)cc1. The number of benzene rings is 1. The van der Waals surface area contributed by atoms with Gasteiger partial charge in [-0.3, -0.25) is 4.79 Å². The fourth-order valence-corrected chi connectivity index (χ4v) is 3.40. The van der Waals surface area contributed by atoms with Crippen molar-refractivity contribution in [1.29, 1.82) is 0 Å². The van der Waals surface area contributed by atoms with Crippen LogP contribution in [0.15, 0.2) is 35.5 Å². The summed E-state index contributed by atoms with van der Waals surface area (Å²) in [5.41, 5.74) is 2.75. The number of amides is 1. The second-order valence-electron chi connectivity index (χ2n) is 6.32. The molecular weight excluding hydrogens is 378 g/mol. The monoisotopic (exact) mass is 401 g/mol. The summed E-state index contributed by atoms with van der Waals surface area (Å²) in [6.07, 6.45) is 0. The number of rotatable bonds is 7. The number of ether oxygens (including phenoxy) is 1. The Bertz CT molecular complexity index is 965. The van der Waals surface area contributed by atoms with Crippen LogP contribution in [0.3, 0.4) is 0 Å². The molecule has 0 unspecified atom stereocenters. The van der Waals surface area contributed by atoms with E-state index < -0.39 is 5.25 Å². The zero-order valence-corrected chi connectivity index (χ0v) is 17.0. The summed E-state index contributed by atoms with van der Waals surface area (Å²) in [4.78, 5) is 12.4. The van der Waals surface area contributed by atoms with E-state index in [1.165, 1.54) is 16.4 Å². The van der Waals surface area contributed by atoms with E-state index in [1.807, 2.05) is 44.2 Å². The maximum absolute atomic E-state index is 12.4. The van der Waals surface area contributed by atoms with Gasteiger partial charge in [0, 0.05) is 12.2 Å². The summed E-state index contributed by atoms with van der Waals surface area (Å²) < 4.78 is 8.10. The minimum absolute atomic E-state index is 0.114. The molecule has 0 aliphatic carbocycles. The van der Waals surface area contributed by atoms with Crippen LogP contribution < -0.4 is 15.9 Å². The number of nitrogens with two attached hydrogens (primary N) is 1. The molecule has 9 nitrogen and oxygen atoms in total. The number of nitrogens with one attached hydrogen (secondary N) is 1. The minimum Gasteiger partial charge on any atom is -0.497 e. The van der Waals surface area contributed by atoms with Crippen molar-refractivity contribution in [3.8, 4) is 11.7 Å². The first-order chi connectivity index (χ1) is 13.4. The molecule has 0 spiro atoms. The molecule has 1 amide bonds. The number of nitrogen functional groups attached to an aromatic ring is 1. The number of hydrogen-bond acceptors (Lipinski definition) is 7. The van der Waals surface area contributed by atoms with E-state index in [0.29, 0.717) is 17.6 Å². The molecule has 10 heteroatoms. The molecule has 3 aromatic rings. The third-order valence-corrected chi connectivity index (χ3v) is 5.18. The largest absolute Gasteiger partial charge is 0.497 e. The van der Waals surface area contributed by atoms with Gasteiger partial charge in [0.15, 0.2) is 0 Å². The van der Waals surface area contributed by atoms with Crippen molar-refractivity contribution in [3.05, 3.63) is 47.3 Å². The van der Waals surface area contributed by atoms with E-state index in [4.69, 9.17) is 10.6 Å². The Hall–Kier alpha value is -3.01. The van der Waals surface area contributed by atoms with Crippen molar-refractivity contribution < 1.29 is 9.53 Å². The molecular formula is C18H23N7O2S. The van der Waals surface area contributed by atoms with Gasteiger partial charge in [0.1, 0.15) is 5.75 Å². The van der Waals surface area contributed by atoms with Crippen LogP contribution in [0.1, 0.15) is 23.9 Å². The number of methoxy groups -OCH3 is 1. The maximum atomic E-state index is 12.4. The Morgan fingerprint density at radius 2 is 2.00 bits per heavy atom. The van der Waals surface area contributed by atoms with E-state index in [0.717, 1.165) is 22.7 Å². The predicted molar refractivity (Wildman–Crippen MR) is 107 cm³/mol. The zero-order chi connectivity index (χ0) is 20.3. The molecule has 2 aromatic heterocycles. The molecule has 0 radical (unpaired) electrons. The number of aromatic nitrogens is 5. The lowest BCUT2D eigenvalue weighted by Gasteiger charge is -2.12. The highest BCUT2D eigenvalue weighted by Crippen LogP contribution is 2.22. The Balaban J connectivity index is 1.61. The van der Waals surface area contributed by atoms with E-state index in [9.17, 15) is 4.79 Å². The lowest BCUT2D eigenvalue weighted by molar-refractivity contribution is -0.120. The van der Waals surface area contributed by atoms with Gasteiger partial charge in [-0.05, 0) is 44.5 Å². The summed E-state index contributed by atoms with van der Waals surface area (Å²) in [6.45, 7) is 6.04. The van der Waals surface area contributed by atoms with Gasteiger partial charge >= 0.3 is 0 Å². The number of thioether (sulfide) groups is 1. The van der Waals surface area contributed by atoms with Crippen LogP contribution in [0.2, 0.25) is 0 Å². The van der Waals surface area contributed by atoms with Gasteiger partial charge in [0.2, 0.25) is 11.1 Å². The van der Waals surface area contributed by atoms with Crippen molar-refractivity contribution in [1.82, 2.24) is 30.0 Å². The first kappa shape index (κ1) is 19.7. The Labute approximate surface area is 167 Å². The molecule has 3 rings (SSSR count). The first-order valence-corrected chi connectivity index (χ1v) is 9.58. The van der Waals surface area contributed by atoms with Gasteiger partial charge in [0.05, 0.1) is 18.1 Å². The summed E-state index contributed by atoms with van der Waals surface area (Å²) >= 11 is 1.24. The fourth-order valence-electron chi connectivity index (χ4n) is 2.61. The van der Waals surface area contributed by atoms with Crippen molar-refractivity contribution >= 4 is 17.7 Å². The molecule has 2 heterocycles. The average molecular weight is 401 g/mol. The normalized spacial score (nSPS) is 12.0. The third kappa shape index (κ3) is 4.28. The molecule has 1 atom stereocenters. The second-order valence-corrected chi connectivity index (χ2v) is 7.63. The van der Waals surface area contributed by atoms with E-state index in [2.05, 4.69) is 20.6 Å². The lowest BCUT2D eigenvalue weighted by atomic mass is 10.2. The third-order valence-electron chi connectivity index (χ3n) is 4.12. The van der Waals surface area contributed by atoms with Gasteiger partial charge in [-0.25, -0.2) is 9.36 Å². The van der Waals surface area contributed by atoms with Gasteiger partial charge in [-0.15, -0.1) is 10.2 Å². The standard InChI is InChI=1S/C18H23N7O2S/c1-11-9-12(2)25(23-11)17-21-22-18(24(17)19)28-13(3)16(26)20-10-14-5-7-15(27-4)8-6-14/h5-9,13H,10,19H2,1-4H3,(H,20,26)/t13-/m0/s1. The molecule has 0 aliphatic rings. The number of hydrogen-bond donors (Lipinski definition) is 2. The first-order valence-electron chi connectivity index (χ1n) is 8.70. The minimum atomic E-state index is -0.391. The van der Waals surface area contributed by atoms with Gasteiger partial charge in [-0.1, -0.05) is 23.9 Å². The molecule has 3 N–H and O–H groups in total. The molecule has 0 bridgehead atoms. The van der Waals surface area contributed by atoms with Crippen LogP contribution in [0.5, 0.6) is 5.75 Å². The number of carbonyl (C=O) groups excluding carboxylic acids is 1. The van der Waals surface area contributed by atoms with E-state index in [1.54, 1.807) is 18.7 Å². The number of carbonyl (C=O) groups is 1. The summed E-state index contributed by atoms with van der Waals surface area (Å²) in [5, 5.41) is 15.5. The summed E-state index contributed by atoms with van der Waals surface area (Å²) in [7, 11) is 1.62. The quantitative estimate of drug-likeness (QED) is 0.457. The van der Waals surface area contributed by atoms with Crippen molar-refractivity contribution in [2.75, 3.05) is 13.0 Å². The summed E-state index contributed by atoms with van der Waals surface area (Å²) in [6, 6.07) is 9.47. The Morgan fingerprint density at radius 1 is 1.29 bits per heavy atom. The second kappa shape index (κ2) is 8.34. The van der Waals surface area contributed by atoms with Crippen LogP contribution in [0.4, 0.5) is 0 Å².